The molecule has 2 N–H and O–H groups in total. The maximum atomic E-state index is 11.8. The van der Waals surface area contributed by atoms with Crippen molar-refractivity contribution in [2.45, 2.75) is 18.9 Å². The van der Waals surface area contributed by atoms with Gasteiger partial charge in [-0.2, -0.15) is 0 Å². The summed E-state index contributed by atoms with van der Waals surface area (Å²) in [6.45, 7) is 0. The molecule has 0 aliphatic carbocycles. The number of Topliss-reactive ketones (excluding diaryl/α,β-unsaturated/α-hetero) is 1. The molecule has 0 amide bonds. The first-order valence-corrected chi connectivity index (χ1v) is 6.87. The predicted molar refractivity (Wildman–Crippen MR) is 68.9 cm³/mol. The number of carbonyl (C=O) groups is 1. The number of ketones is 1. The molecule has 0 aliphatic rings. The molecule has 4 heteroatoms. The molecule has 2 nitrogen and oxygen atoms in total. The van der Waals surface area contributed by atoms with Crippen molar-refractivity contribution in [3.05, 3.63) is 44.8 Å². The lowest BCUT2D eigenvalue weighted by atomic mass is 10.1. The molecule has 1 atom stereocenters. The highest BCUT2D eigenvalue weighted by Crippen LogP contribution is 2.20. The van der Waals surface area contributed by atoms with Gasteiger partial charge in [-0.3, -0.25) is 4.79 Å². The number of carbonyl (C=O) groups excluding carboxylic acids is 1. The number of hydrogen-bond acceptors (Lipinski definition) is 4. The highest BCUT2D eigenvalue weighted by atomic mass is 32.1. The number of hydrogen-bond donors (Lipinski definition) is 1. The van der Waals surface area contributed by atoms with Gasteiger partial charge in [0.15, 0.2) is 5.78 Å². The monoisotopic (exact) mass is 251 g/mol. The summed E-state index contributed by atoms with van der Waals surface area (Å²) in [4.78, 5) is 14.0. The molecule has 84 valence electrons. The molecule has 0 aromatic carbocycles. The highest BCUT2D eigenvalue weighted by molar-refractivity contribution is 7.10. The molecule has 0 fully saturated rings. The van der Waals surface area contributed by atoms with Gasteiger partial charge >= 0.3 is 0 Å². The lowest BCUT2D eigenvalue weighted by molar-refractivity contribution is -0.120. The fourth-order valence-electron chi connectivity index (χ4n) is 1.48. The summed E-state index contributed by atoms with van der Waals surface area (Å²) in [5.41, 5.74) is 5.89. The van der Waals surface area contributed by atoms with E-state index in [1.54, 1.807) is 11.3 Å². The normalized spacial score (nSPS) is 12.6. The van der Waals surface area contributed by atoms with Gasteiger partial charge in [-0.15, -0.1) is 22.7 Å². The minimum Gasteiger partial charge on any atom is -0.317 e. The van der Waals surface area contributed by atoms with Crippen molar-refractivity contribution in [1.29, 1.82) is 0 Å². The molecule has 0 saturated heterocycles. The van der Waals surface area contributed by atoms with Crippen LogP contribution < -0.4 is 5.73 Å². The van der Waals surface area contributed by atoms with Crippen LogP contribution in [0.4, 0.5) is 0 Å². The van der Waals surface area contributed by atoms with Crippen LogP contribution in [0.1, 0.15) is 22.2 Å². The minimum absolute atomic E-state index is 0.121. The fraction of sp³-hybridized carbons (Fsp3) is 0.250. The van der Waals surface area contributed by atoms with Gasteiger partial charge in [0.1, 0.15) is 0 Å². The third-order valence-electron chi connectivity index (χ3n) is 2.39. The summed E-state index contributed by atoms with van der Waals surface area (Å²) in [6.07, 6.45) is 1.33. The van der Waals surface area contributed by atoms with Crippen LogP contribution in [-0.2, 0) is 11.2 Å². The van der Waals surface area contributed by atoms with Crippen LogP contribution in [0.25, 0.3) is 0 Å². The van der Waals surface area contributed by atoms with Gasteiger partial charge in [0.25, 0.3) is 0 Å². The van der Waals surface area contributed by atoms with Crippen molar-refractivity contribution in [1.82, 2.24) is 0 Å². The Hall–Kier alpha value is -0.970. The van der Waals surface area contributed by atoms with E-state index in [9.17, 15) is 4.79 Å². The number of aryl methyl sites for hydroxylation is 1. The second kappa shape index (κ2) is 5.39. The Bertz CT molecular complexity index is 434. The summed E-state index contributed by atoms with van der Waals surface area (Å²) in [5, 5.41) is 3.97. The third-order valence-corrected chi connectivity index (χ3v) is 4.29. The number of thiophene rings is 2. The SMILES string of the molecule is NC(C(=O)CCc1cccs1)c1cccs1. The van der Waals surface area contributed by atoms with Crippen molar-refractivity contribution in [3.63, 3.8) is 0 Å². The van der Waals surface area contributed by atoms with Crippen LogP contribution in [0, 0.1) is 0 Å². The van der Waals surface area contributed by atoms with Gasteiger partial charge < -0.3 is 5.73 Å². The molecule has 0 saturated carbocycles. The lowest BCUT2D eigenvalue weighted by Crippen LogP contribution is -2.20. The first-order chi connectivity index (χ1) is 7.77. The number of nitrogens with two attached hydrogens (primary N) is 1. The van der Waals surface area contributed by atoms with Gasteiger partial charge in [0.05, 0.1) is 6.04 Å². The Kier molecular flexibility index (Phi) is 3.88. The predicted octanol–water partition coefficient (Wildman–Crippen LogP) is 3.01. The second-order valence-electron chi connectivity index (χ2n) is 3.54. The third kappa shape index (κ3) is 2.78. The zero-order chi connectivity index (χ0) is 11.4. The van der Waals surface area contributed by atoms with Gasteiger partial charge in [0, 0.05) is 16.2 Å². The van der Waals surface area contributed by atoms with E-state index in [1.165, 1.54) is 16.2 Å². The topological polar surface area (TPSA) is 43.1 Å². The van der Waals surface area contributed by atoms with E-state index >= 15 is 0 Å². The first-order valence-electron chi connectivity index (χ1n) is 5.11. The van der Waals surface area contributed by atoms with Crippen LogP contribution in [0.3, 0.4) is 0 Å². The Morgan fingerprint density at radius 2 is 2.00 bits per heavy atom. The van der Waals surface area contributed by atoms with Gasteiger partial charge in [-0.25, -0.2) is 0 Å². The molecule has 1 unspecified atom stereocenters. The van der Waals surface area contributed by atoms with Crippen molar-refractivity contribution in [3.8, 4) is 0 Å². The van der Waals surface area contributed by atoms with E-state index in [0.29, 0.717) is 6.42 Å². The smallest absolute Gasteiger partial charge is 0.155 e. The highest BCUT2D eigenvalue weighted by Gasteiger charge is 2.16. The quantitative estimate of drug-likeness (QED) is 0.887. The van der Waals surface area contributed by atoms with E-state index in [0.717, 1.165) is 11.3 Å². The standard InChI is InChI=1S/C12H13NOS2/c13-12(11-4-2-8-16-11)10(14)6-5-9-3-1-7-15-9/h1-4,7-8,12H,5-6,13H2. The molecule has 2 heterocycles. The molecule has 0 aliphatic heterocycles. The molecule has 0 radical (unpaired) electrons. The Labute approximate surface area is 103 Å². The lowest BCUT2D eigenvalue weighted by Gasteiger charge is -2.07. The Morgan fingerprint density at radius 3 is 2.62 bits per heavy atom. The van der Waals surface area contributed by atoms with Gasteiger partial charge in [-0.1, -0.05) is 12.1 Å². The molecule has 0 spiro atoms. The van der Waals surface area contributed by atoms with E-state index in [4.69, 9.17) is 5.73 Å². The zero-order valence-corrected chi connectivity index (χ0v) is 10.4. The average Bonchev–Trinajstić information content (AvgIpc) is 2.96. The fourth-order valence-corrected chi connectivity index (χ4v) is 2.94. The maximum Gasteiger partial charge on any atom is 0.155 e. The average molecular weight is 251 g/mol. The van der Waals surface area contributed by atoms with E-state index in [-0.39, 0.29) is 5.78 Å². The molecule has 2 rings (SSSR count). The number of rotatable bonds is 5. The zero-order valence-electron chi connectivity index (χ0n) is 8.76. The summed E-state index contributed by atoms with van der Waals surface area (Å²) >= 11 is 3.22. The minimum atomic E-state index is -0.444. The molecular weight excluding hydrogens is 238 g/mol. The molecule has 16 heavy (non-hydrogen) atoms. The molecule has 2 aromatic rings. The molecule has 2 aromatic heterocycles. The van der Waals surface area contributed by atoms with Crippen LogP contribution in [-0.4, -0.2) is 5.78 Å². The van der Waals surface area contributed by atoms with E-state index in [2.05, 4.69) is 6.07 Å². The van der Waals surface area contributed by atoms with Crippen LogP contribution in [0.2, 0.25) is 0 Å². The summed E-state index contributed by atoms with van der Waals surface area (Å²) in [5.74, 6) is 0.121. The van der Waals surface area contributed by atoms with Crippen molar-refractivity contribution in [2.24, 2.45) is 5.73 Å². The van der Waals surface area contributed by atoms with E-state index < -0.39 is 6.04 Å². The van der Waals surface area contributed by atoms with Crippen molar-refractivity contribution < 1.29 is 4.79 Å². The summed E-state index contributed by atoms with van der Waals surface area (Å²) < 4.78 is 0. The van der Waals surface area contributed by atoms with Crippen LogP contribution in [0.15, 0.2) is 35.0 Å². The van der Waals surface area contributed by atoms with Gasteiger partial charge in [-0.05, 0) is 29.3 Å². The molecule has 0 bridgehead atoms. The second-order valence-corrected chi connectivity index (χ2v) is 5.55. The van der Waals surface area contributed by atoms with Crippen LogP contribution >= 0.6 is 22.7 Å². The maximum absolute atomic E-state index is 11.8. The van der Waals surface area contributed by atoms with Crippen molar-refractivity contribution in [2.75, 3.05) is 0 Å². The summed E-state index contributed by atoms with van der Waals surface area (Å²) in [6, 6.07) is 7.45. The van der Waals surface area contributed by atoms with Crippen LogP contribution in [0.5, 0.6) is 0 Å². The Balaban J connectivity index is 1.89. The summed E-state index contributed by atoms with van der Waals surface area (Å²) in [7, 11) is 0. The Morgan fingerprint density at radius 1 is 1.25 bits per heavy atom. The van der Waals surface area contributed by atoms with Crippen molar-refractivity contribution >= 4 is 28.5 Å². The van der Waals surface area contributed by atoms with Gasteiger partial charge in [0.2, 0.25) is 0 Å². The molecular formula is C12H13NOS2. The first kappa shape index (κ1) is 11.5. The largest absolute Gasteiger partial charge is 0.317 e. The van der Waals surface area contributed by atoms with E-state index in [1.807, 2.05) is 29.0 Å².